The zero-order chi connectivity index (χ0) is 18.8. The number of pyridine rings is 1. The van der Waals surface area contributed by atoms with Crippen molar-refractivity contribution in [3.63, 3.8) is 0 Å². The highest BCUT2D eigenvalue weighted by molar-refractivity contribution is 5.93. The molecule has 1 saturated heterocycles. The van der Waals surface area contributed by atoms with Crippen LogP contribution in [0.2, 0.25) is 0 Å². The predicted octanol–water partition coefficient (Wildman–Crippen LogP) is 3.03. The molecule has 4 rings (SSSR count). The molecule has 4 heterocycles. The van der Waals surface area contributed by atoms with Crippen molar-refractivity contribution < 1.29 is 9.21 Å². The van der Waals surface area contributed by atoms with Gasteiger partial charge in [-0.2, -0.15) is 5.10 Å². The third-order valence-corrected chi connectivity index (χ3v) is 4.92. The van der Waals surface area contributed by atoms with Gasteiger partial charge in [-0.15, -0.1) is 0 Å². The third kappa shape index (κ3) is 3.58. The molecule has 0 saturated carbocycles. The summed E-state index contributed by atoms with van der Waals surface area (Å²) in [5.74, 6) is 1.47. The van der Waals surface area contributed by atoms with Crippen molar-refractivity contribution in [2.75, 3.05) is 31.1 Å². The Bertz CT molecular complexity index is 945. The lowest BCUT2D eigenvalue weighted by Crippen LogP contribution is -2.35. The molecule has 0 unspecified atom stereocenters. The second kappa shape index (κ2) is 7.26. The van der Waals surface area contributed by atoms with Crippen LogP contribution in [0.25, 0.3) is 11.5 Å². The number of aromatic amines is 1. The Labute approximate surface area is 158 Å². The number of hydrogen-bond acceptors (Lipinski definition) is 5. The first-order valence-corrected chi connectivity index (χ1v) is 9.19. The lowest BCUT2D eigenvalue weighted by Gasteiger charge is -2.24. The van der Waals surface area contributed by atoms with Gasteiger partial charge in [0.2, 0.25) is 0 Å². The van der Waals surface area contributed by atoms with Gasteiger partial charge in [0.15, 0.2) is 11.5 Å². The van der Waals surface area contributed by atoms with E-state index in [2.05, 4.69) is 27.0 Å². The molecule has 0 spiro atoms. The monoisotopic (exact) mass is 365 g/mol. The zero-order valence-corrected chi connectivity index (χ0v) is 15.6. The molecule has 0 bridgehead atoms. The maximum absolute atomic E-state index is 12.9. The Hall–Kier alpha value is -3.09. The smallest absolute Gasteiger partial charge is 0.274 e. The summed E-state index contributed by atoms with van der Waals surface area (Å²) in [6.07, 6.45) is 4.62. The molecule has 1 aliphatic heterocycles. The number of nitrogens with one attached hydrogen (secondary N) is 1. The summed E-state index contributed by atoms with van der Waals surface area (Å²) >= 11 is 0. The van der Waals surface area contributed by atoms with Crippen LogP contribution in [0.1, 0.15) is 28.2 Å². The first kappa shape index (κ1) is 17.3. The number of aromatic nitrogens is 3. The number of furan rings is 1. The van der Waals surface area contributed by atoms with E-state index in [1.807, 2.05) is 42.4 Å². The summed E-state index contributed by atoms with van der Waals surface area (Å²) in [4.78, 5) is 21.3. The summed E-state index contributed by atoms with van der Waals surface area (Å²) in [5.41, 5.74) is 3.49. The van der Waals surface area contributed by atoms with Crippen molar-refractivity contribution in [3.8, 4) is 11.5 Å². The zero-order valence-electron chi connectivity index (χ0n) is 15.6. The number of anilines is 1. The SMILES string of the molecule is Cc1ccc(-c2cc(C(=O)N3CCCN(c4ccncc4C)CC3)n[nH]2)o1. The lowest BCUT2D eigenvalue weighted by atomic mass is 10.2. The second-order valence-electron chi connectivity index (χ2n) is 6.87. The fraction of sp³-hybridized carbons (Fsp3) is 0.350. The average molecular weight is 365 g/mol. The van der Waals surface area contributed by atoms with Crippen molar-refractivity contribution in [3.05, 3.63) is 53.7 Å². The van der Waals surface area contributed by atoms with E-state index in [0.29, 0.717) is 18.0 Å². The minimum atomic E-state index is -0.0471. The van der Waals surface area contributed by atoms with Crippen molar-refractivity contribution in [2.24, 2.45) is 0 Å². The van der Waals surface area contributed by atoms with E-state index in [1.54, 1.807) is 6.07 Å². The van der Waals surface area contributed by atoms with Gasteiger partial charge >= 0.3 is 0 Å². The van der Waals surface area contributed by atoms with Crippen LogP contribution in [0.5, 0.6) is 0 Å². The molecule has 7 heteroatoms. The number of amides is 1. The van der Waals surface area contributed by atoms with Crippen LogP contribution in [0, 0.1) is 13.8 Å². The summed E-state index contributed by atoms with van der Waals surface area (Å²) in [6, 6.07) is 7.56. The van der Waals surface area contributed by atoms with E-state index in [-0.39, 0.29) is 5.91 Å². The Balaban J connectivity index is 1.46. The van der Waals surface area contributed by atoms with Crippen LogP contribution in [-0.4, -0.2) is 52.2 Å². The number of nitrogens with zero attached hydrogens (tertiary/aromatic N) is 4. The van der Waals surface area contributed by atoms with E-state index >= 15 is 0 Å². The van der Waals surface area contributed by atoms with E-state index in [4.69, 9.17) is 4.42 Å². The first-order chi connectivity index (χ1) is 13.1. The van der Waals surface area contributed by atoms with Gasteiger partial charge < -0.3 is 14.2 Å². The highest BCUT2D eigenvalue weighted by Crippen LogP contribution is 2.22. The fourth-order valence-corrected chi connectivity index (χ4v) is 3.48. The van der Waals surface area contributed by atoms with Crippen LogP contribution in [0.15, 0.2) is 41.1 Å². The molecule has 3 aromatic rings. The number of carbonyl (C=O) groups is 1. The quantitative estimate of drug-likeness (QED) is 0.772. The fourth-order valence-electron chi connectivity index (χ4n) is 3.48. The molecule has 0 atom stereocenters. The Kier molecular flexibility index (Phi) is 4.66. The van der Waals surface area contributed by atoms with E-state index in [1.165, 1.54) is 5.69 Å². The van der Waals surface area contributed by atoms with Gasteiger partial charge in [-0.3, -0.25) is 14.9 Å². The van der Waals surface area contributed by atoms with Gasteiger partial charge in [-0.05, 0) is 44.0 Å². The summed E-state index contributed by atoms with van der Waals surface area (Å²) in [7, 11) is 0. The summed E-state index contributed by atoms with van der Waals surface area (Å²) < 4.78 is 5.59. The molecular formula is C20H23N5O2. The molecule has 0 radical (unpaired) electrons. The molecule has 1 N–H and O–H groups in total. The van der Waals surface area contributed by atoms with E-state index < -0.39 is 0 Å². The van der Waals surface area contributed by atoms with Crippen LogP contribution in [0.4, 0.5) is 5.69 Å². The minimum absolute atomic E-state index is 0.0471. The number of hydrogen-bond donors (Lipinski definition) is 1. The lowest BCUT2D eigenvalue weighted by molar-refractivity contribution is 0.0761. The topological polar surface area (TPSA) is 78.3 Å². The number of rotatable bonds is 3. The number of carbonyl (C=O) groups excluding carboxylic acids is 1. The largest absolute Gasteiger partial charge is 0.460 e. The summed E-state index contributed by atoms with van der Waals surface area (Å²) in [5, 5.41) is 7.11. The average Bonchev–Trinajstić information content (AvgIpc) is 3.25. The van der Waals surface area contributed by atoms with Crippen molar-refractivity contribution in [2.45, 2.75) is 20.3 Å². The van der Waals surface area contributed by atoms with Gasteiger partial charge in [0.1, 0.15) is 11.5 Å². The molecule has 3 aromatic heterocycles. The summed E-state index contributed by atoms with van der Waals surface area (Å²) in [6.45, 7) is 7.07. The number of aryl methyl sites for hydroxylation is 2. The predicted molar refractivity (Wildman–Crippen MR) is 103 cm³/mol. The van der Waals surface area contributed by atoms with Crippen molar-refractivity contribution >= 4 is 11.6 Å². The van der Waals surface area contributed by atoms with Crippen LogP contribution in [-0.2, 0) is 0 Å². The Morgan fingerprint density at radius 3 is 2.81 bits per heavy atom. The maximum Gasteiger partial charge on any atom is 0.274 e. The molecule has 1 fully saturated rings. The van der Waals surface area contributed by atoms with E-state index in [9.17, 15) is 4.79 Å². The molecule has 27 heavy (non-hydrogen) atoms. The molecule has 0 aliphatic carbocycles. The normalized spacial score (nSPS) is 15.0. The van der Waals surface area contributed by atoms with Crippen LogP contribution in [0.3, 0.4) is 0 Å². The highest BCUT2D eigenvalue weighted by Gasteiger charge is 2.23. The second-order valence-corrected chi connectivity index (χ2v) is 6.87. The molecule has 0 aromatic carbocycles. The van der Waals surface area contributed by atoms with E-state index in [0.717, 1.165) is 43.1 Å². The highest BCUT2D eigenvalue weighted by atomic mass is 16.3. The Morgan fingerprint density at radius 1 is 1.15 bits per heavy atom. The molecule has 140 valence electrons. The molecule has 1 amide bonds. The van der Waals surface area contributed by atoms with Crippen molar-refractivity contribution in [1.82, 2.24) is 20.1 Å². The first-order valence-electron chi connectivity index (χ1n) is 9.19. The third-order valence-electron chi connectivity index (χ3n) is 4.92. The van der Waals surface area contributed by atoms with Crippen molar-refractivity contribution in [1.29, 1.82) is 0 Å². The van der Waals surface area contributed by atoms with Crippen LogP contribution < -0.4 is 4.90 Å². The standard InChI is InChI=1S/C20H23N5O2/c1-14-13-21-7-6-18(14)24-8-3-9-25(11-10-24)20(26)17-12-16(22-23-17)19-5-4-15(2)27-19/h4-7,12-13H,3,8-11H2,1-2H3,(H,22,23). The number of H-pyrrole nitrogens is 1. The van der Waals surface area contributed by atoms with Gasteiger partial charge in [-0.25, -0.2) is 0 Å². The maximum atomic E-state index is 12.9. The molecular weight excluding hydrogens is 342 g/mol. The van der Waals surface area contributed by atoms with Gasteiger partial charge in [0, 0.05) is 50.3 Å². The minimum Gasteiger partial charge on any atom is -0.460 e. The van der Waals surface area contributed by atoms with Gasteiger partial charge in [0.25, 0.3) is 5.91 Å². The molecule has 7 nitrogen and oxygen atoms in total. The molecule has 1 aliphatic rings. The van der Waals surface area contributed by atoms with Gasteiger partial charge in [0.05, 0.1) is 0 Å². The Morgan fingerprint density at radius 2 is 2.04 bits per heavy atom. The van der Waals surface area contributed by atoms with Crippen LogP contribution >= 0.6 is 0 Å². The van der Waals surface area contributed by atoms with Gasteiger partial charge in [-0.1, -0.05) is 0 Å².